The van der Waals surface area contributed by atoms with Crippen molar-refractivity contribution in [1.29, 1.82) is 0 Å². The van der Waals surface area contributed by atoms with Crippen LogP contribution in [0.4, 0.5) is 0 Å². The van der Waals surface area contributed by atoms with E-state index in [1.807, 2.05) is 30.3 Å². The third-order valence-electron chi connectivity index (χ3n) is 4.67. The fourth-order valence-corrected chi connectivity index (χ4v) is 4.25. The van der Waals surface area contributed by atoms with Crippen molar-refractivity contribution in [3.8, 4) is 0 Å². The molecule has 0 bridgehead atoms. The first-order valence-corrected chi connectivity index (χ1v) is 9.45. The molecule has 0 unspecified atom stereocenters. The monoisotopic (exact) mass is 346 g/mol. The van der Waals surface area contributed by atoms with E-state index in [4.69, 9.17) is 0 Å². The Morgan fingerprint density at radius 1 is 1.08 bits per heavy atom. The van der Waals surface area contributed by atoms with Crippen LogP contribution in [0.1, 0.15) is 25.7 Å². The minimum absolute atomic E-state index is 0.138. The van der Waals surface area contributed by atoms with Crippen LogP contribution in [0, 0.1) is 11.8 Å². The Balaban J connectivity index is 1.43. The summed E-state index contributed by atoms with van der Waals surface area (Å²) in [5.74, 6) is -0.190. The van der Waals surface area contributed by atoms with Crippen LogP contribution in [0.2, 0.25) is 0 Å². The van der Waals surface area contributed by atoms with Gasteiger partial charge in [0, 0.05) is 17.2 Å². The molecule has 1 aliphatic heterocycles. The lowest BCUT2D eigenvalue weighted by Crippen LogP contribution is -2.41. The molecule has 1 N–H and O–H groups in total. The van der Waals surface area contributed by atoms with Gasteiger partial charge in [-0.3, -0.25) is 19.3 Å². The van der Waals surface area contributed by atoms with Gasteiger partial charge in [0.2, 0.25) is 17.7 Å². The van der Waals surface area contributed by atoms with Gasteiger partial charge in [0.05, 0.1) is 11.8 Å². The Kier molecular flexibility index (Phi) is 5.56. The van der Waals surface area contributed by atoms with Crippen LogP contribution in [-0.4, -0.2) is 41.5 Å². The first-order valence-electron chi connectivity index (χ1n) is 8.46. The molecule has 0 aromatic heterocycles. The molecule has 2 atom stereocenters. The molecule has 128 valence electrons. The van der Waals surface area contributed by atoms with Gasteiger partial charge in [0.15, 0.2) is 0 Å². The van der Waals surface area contributed by atoms with Gasteiger partial charge in [-0.2, -0.15) is 0 Å². The van der Waals surface area contributed by atoms with Gasteiger partial charge in [0.25, 0.3) is 0 Å². The highest BCUT2D eigenvalue weighted by Crippen LogP contribution is 2.37. The summed E-state index contributed by atoms with van der Waals surface area (Å²) >= 11 is 1.66. The molecular formula is C18H22N2O3S. The van der Waals surface area contributed by atoms with Crippen molar-refractivity contribution in [3.05, 3.63) is 30.3 Å². The summed E-state index contributed by atoms with van der Waals surface area (Å²) in [6.45, 7) is 0.377. The molecule has 1 aromatic rings. The molecule has 1 saturated heterocycles. The molecule has 1 saturated carbocycles. The van der Waals surface area contributed by atoms with Gasteiger partial charge in [-0.15, -0.1) is 11.8 Å². The zero-order chi connectivity index (χ0) is 16.9. The summed E-state index contributed by atoms with van der Waals surface area (Å²) in [7, 11) is 0. The number of carbonyl (C=O) groups is 3. The van der Waals surface area contributed by atoms with Gasteiger partial charge >= 0.3 is 0 Å². The van der Waals surface area contributed by atoms with E-state index in [1.54, 1.807) is 11.8 Å². The van der Waals surface area contributed by atoms with Crippen molar-refractivity contribution in [2.24, 2.45) is 11.8 Å². The average Bonchev–Trinajstić information content (AvgIpc) is 2.85. The molecule has 0 spiro atoms. The van der Waals surface area contributed by atoms with Crippen molar-refractivity contribution in [1.82, 2.24) is 10.2 Å². The van der Waals surface area contributed by atoms with Gasteiger partial charge < -0.3 is 5.32 Å². The predicted octanol–water partition coefficient (Wildman–Crippen LogP) is 2.07. The van der Waals surface area contributed by atoms with E-state index in [9.17, 15) is 14.4 Å². The Bertz CT molecular complexity index is 596. The molecular weight excluding hydrogens is 324 g/mol. The molecule has 2 aliphatic rings. The van der Waals surface area contributed by atoms with Crippen molar-refractivity contribution in [3.63, 3.8) is 0 Å². The number of imide groups is 1. The zero-order valence-electron chi connectivity index (χ0n) is 13.6. The van der Waals surface area contributed by atoms with Crippen molar-refractivity contribution >= 4 is 29.5 Å². The van der Waals surface area contributed by atoms with E-state index in [2.05, 4.69) is 5.32 Å². The summed E-state index contributed by atoms with van der Waals surface area (Å²) in [4.78, 5) is 39.0. The summed E-state index contributed by atoms with van der Waals surface area (Å²) in [6.07, 6.45) is 3.55. The second-order valence-corrected chi connectivity index (χ2v) is 7.44. The van der Waals surface area contributed by atoms with Gasteiger partial charge in [-0.05, 0) is 25.0 Å². The van der Waals surface area contributed by atoms with E-state index in [-0.39, 0.29) is 36.1 Å². The molecule has 3 rings (SSSR count). The number of hydrogen-bond acceptors (Lipinski definition) is 4. The van der Waals surface area contributed by atoms with Gasteiger partial charge in [0.1, 0.15) is 6.54 Å². The Labute approximate surface area is 146 Å². The minimum Gasteiger partial charge on any atom is -0.354 e. The van der Waals surface area contributed by atoms with Crippen molar-refractivity contribution in [2.75, 3.05) is 18.8 Å². The van der Waals surface area contributed by atoms with Crippen LogP contribution in [0.25, 0.3) is 0 Å². The maximum absolute atomic E-state index is 12.3. The molecule has 1 aromatic carbocycles. The fourth-order valence-electron chi connectivity index (χ4n) is 3.46. The van der Waals surface area contributed by atoms with E-state index in [0.29, 0.717) is 6.54 Å². The molecule has 1 aliphatic carbocycles. The van der Waals surface area contributed by atoms with E-state index >= 15 is 0 Å². The highest BCUT2D eigenvalue weighted by Gasteiger charge is 2.48. The van der Waals surface area contributed by atoms with Crippen LogP contribution in [0.3, 0.4) is 0 Å². The number of fused-ring (bicyclic) bond motifs is 1. The van der Waals surface area contributed by atoms with E-state index in [1.165, 1.54) is 4.90 Å². The van der Waals surface area contributed by atoms with Crippen molar-refractivity contribution < 1.29 is 14.4 Å². The van der Waals surface area contributed by atoms with Crippen LogP contribution < -0.4 is 5.32 Å². The van der Waals surface area contributed by atoms with Gasteiger partial charge in [-0.1, -0.05) is 31.0 Å². The van der Waals surface area contributed by atoms with Crippen LogP contribution in [-0.2, 0) is 14.4 Å². The lowest BCUT2D eigenvalue weighted by Gasteiger charge is -2.19. The molecule has 6 heteroatoms. The number of likely N-dealkylation sites (tertiary alicyclic amines) is 1. The highest BCUT2D eigenvalue weighted by atomic mass is 32.2. The Morgan fingerprint density at radius 3 is 2.33 bits per heavy atom. The summed E-state index contributed by atoms with van der Waals surface area (Å²) in [5.41, 5.74) is 0. The third-order valence-corrected chi connectivity index (χ3v) is 5.68. The first kappa shape index (κ1) is 17.0. The maximum Gasteiger partial charge on any atom is 0.240 e. The molecule has 24 heavy (non-hydrogen) atoms. The standard InChI is InChI=1S/C18H22N2O3S/c21-16(19-10-11-24-13-6-2-1-3-7-13)12-20-17(22)14-8-4-5-9-15(14)18(20)23/h1-3,6-7,14-15H,4-5,8-12H2,(H,19,21)/t14-,15+. The number of thioether (sulfide) groups is 1. The fraction of sp³-hybridized carbons (Fsp3) is 0.500. The Hall–Kier alpha value is -1.82. The normalized spacial score (nSPS) is 23.2. The van der Waals surface area contributed by atoms with Crippen molar-refractivity contribution in [2.45, 2.75) is 30.6 Å². The van der Waals surface area contributed by atoms with Crippen LogP contribution in [0.5, 0.6) is 0 Å². The highest BCUT2D eigenvalue weighted by molar-refractivity contribution is 7.99. The lowest BCUT2D eigenvalue weighted by molar-refractivity contribution is -0.143. The smallest absolute Gasteiger partial charge is 0.240 e. The summed E-state index contributed by atoms with van der Waals surface area (Å²) in [5, 5.41) is 2.80. The third kappa shape index (κ3) is 3.80. The zero-order valence-corrected chi connectivity index (χ0v) is 14.4. The Morgan fingerprint density at radius 2 is 1.71 bits per heavy atom. The lowest BCUT2D eigenvalue weighted by atomic mass is 9.81. The molecule has 2 fully saturated rings. The van der Waals surface area contributed by atoms with Crippen LogP contribution >= 0.6 is 11.8 Å². The molecule has 3 amide bonds. The minimum atomic E-state index is -0.260. The molecule has 1 heterocycles. The quantitative estimate of drug-likeness (QED) is 0.486. The first-order chi connectivity index (χ1) is 11.7. The van der Waals surface area contributed by atoms with Gasteiger partial charge in [-0.25, -0.2) is 0 Å². The number of carbonyl (C=O) groups excluding carboxylic acids is 3. The largest absolute Gasteiger partial charge is 0.354 e. The number of amides is 3. The van der Waals surface area contributed by atoms with Crippen LogP contribution in [0.15, 0.2) is 35.2 Å². The predicted molar refractivity (Wildman–Crippen MR) is 92.3 cm³/mol. The number of nitrogens with zero attached hydrogens (tertiary/aromatic N) is 1. The average molecular weight is 346 g/mol. The molecule has 0 radical (unpaired) electrons. The van der Waals surface area contributed by atoms with E-state index in [0.717, 1.165) is 36.3 Å². The maximum atomic E-state index is 12.3. The summed E-state index contributed by atoms with van der Waals surface area (Å²) in [6, 6.07) is 9.97. The van der Waals surface area contributed by atoms with E-state index < -0.39 is 0 Å². The second-order valence-electron chi connectivity index (χ2n) is 6.27. The summed E-state index contributed by atoms with van der Waals surface area (Å²) < 4.78 is 0. The SMILES string of the molecule is O=C(CN1C(=O)[C@H]2CCCC[C@H]2C1=O)NCCSc1ccccc1. The number of benzene rings is 1. The topological polar surface area (TPSA) is 66.5 Å². The second kappa shape index (κ2) is 7.83. The number of hydrogen-bond donors (Lipinski definition) is 1. The molecule has 5 nitrogen and oxygen atoms in total. The number of rotatable bonds is 6. The number of nitrogens with one attached hydrogen (secondary N) is 1.